The summed E-state index contributed by atoms with van der Waals surface area (Å²) in [5.74, 6) is 0. The SMILES string of the molecule is Cc1cc2c3c(c1)N(c1ccc4c(c1)C(C)(C)CCC4(C)C)c1c(oc4cc5c(cc14)C(C)(C)CCC5(C)C)B3c1cc3c(cc1N2c1ccc2c(c1)C(C)(C)CCC2(C)C)N(c1ccccc1)c1ccccc1C3(C)C. The molecular weight excluding hydrogens is 934 g/mol. The normalized spacial score (nSPS) is 20.7. The Bertz CT molecular complexity index is 3840. The number of fused-ring (bicyclic) bond motifs is 11. The minimum Gasteiger partial charge on any atom is -0.468 e. The summed E-state index contributed by atoms with van der Waals surface area (Å²) in [5.41, 5.74) is 28.2. The number of aryl methyl sites for hydroxylation is 1. The number of hydrogen-bond acceptors (Lipinski definition) is 4. The van der Waals surface area contributed by atoms with E-state index in [1.165, 1.54) is 125 Å². The number of nitrogens with zero attached hydrogens (tertiary/aromatic N) is 3. The van der Waals surface area contributed by atoms with E-state index in [4.69, 9.17) is 4.42 Å². The topological polar surface area (TPSA) is 22.9 Å². The molecular formula is C72H78BN3O. The van der Waals surface area contributed by atoms with E-state index in [0.717, 1.165) is 42.6 Å². The lowest BCUT2D eigenvalue weighted by Crippen LogP contribution is -2.61. The Kier molecular flexibility index (Phi) is 9.93. The van der Waals surface area contributed by atoms with E-state index in [2.05, 4.69) is 246 Å². The fourth-order valence-corrected chi connectivity index (χ4v) is 15.7. The third-order valence-electron chi connectivity index (χ3n) is 20.8. The molecule has 8 aromatic rings. The van der Waals surface area contributed by atoms with Crippen LogP contribution in [0.15, 0.2) is 132 Å². The van der Waals surface area contributed by atoms with Crippen molar-refractivity contribution in [2.75, 3.05) is 14.7 Å². The van der Waals surface area contributed by atoms with E-state index in [1.807, 2.05) is 0 Å². The molecule has 0 spiro atoms. The van der Waals surface area contributed by atoms with Gasteiger partial charge in [0.2, 0.25) is 0 Å². The van der Waals surface area contributed by atoms with E-state index in [-0.39, 0.29) is 44.6 Å². The van der Waals surface area contributed by atoms with Crippen molar-refractivity contribution in [1.82, 2.24) is 0 Å². The van der Waals surface area contributed by atoms with Gasteiger partial charge in [-0.05, 0) is 212 Å². The first-order valence-electron chi connectivity index (χ1n) is 29.1. The smallest absolute Gasteiger partial charge is 0.297 e. The number of rotatable bonds is 3. The molecule has 14 rings (SSSR count). The predicted octanol–water partition coefficient (Wildman–Crippen LogP) is 18.0. The van der Waals surface area contributed by atoms with Crippen LogP contribution < -0.4 is 31.3 Å². The molecule has 0 N–H and O–H groups in total. The van der Waals surface area contributed by atoms with E-state index in [0.29, 0.717) is 0 Å². The predicted molar refractivity (Wildman–Crippen MR) is 328 cm³/mol. The highest BCUT2D eigenvalue weighted by Crippen LogP contribution is 2.58. The fraction of sp³-hybridized carbons (Fsp3) is 0.389. The molecule has 0 radical (unpaired) electrons. The van der Waals surface area contributed by atoms with Crippen molar-refractivity contribution in [3.8, 4) is 0 Å². The molecule has 0 amide bonds. The third-order valence-corrected chi connectivity index (χ3v) is 20.8. The monoisotopic (exact) mass is 1010 g/mol. The van der Waals surface area contributed by atoms with Gasteiger partial charge in [-0.25, -0.2) is 0 Å². The van der Waals surface area contributed by atoms with Gasteiger partial charge in [-0.1, -0.05) is 152 Å². The molecule has 4 nitrogen and oxygen atoms in total. The minimum absolute atomic E-state index is 0.0218. The van der Waals surface area contributed by atoms with Crippen LogP contribution >= 0.6 is 0 Å². The van der Waals surface area contributed by atoms with Crippen LogP contribution in [0.3, 0.4) is 0 Å². The first kappa shape index (κ1) is 48.9. The largest absolute Gasteiger partial charge is 0.468 e. The molecule has 3 aliphatic heterocycles. The second-order valence-corrected chi connectivity index (χ2v) is 29.0. The Labute approximate surface area is 460 Å². The molecule has 0 bridgehead atoms. The molecule has 77 heavy (non-hydrogen) atoms. The Morgan fingerprint density at radius 2 is 0.857 bits per heavy atom. The fourth-order valence-electron chi connectivity index (χ4n) is 15.7. The van der Waals surface area contributed by atoms with Crippen molar-refractivity contribution < 1.29 is 4.42 Å². The zero-order valence-corrected chi connectivity index (χ0v) is 48.7. The van der Waals surface area contributed by atoms with E-state index < -0.39 is 0 Å². The molecule has 0 unspecified atom stereocenters. The van der Waals surface area contributed by atoms with Crippen LogP contribution in [0.25, 0.3) is 11.0 Å². The van der Waals surface area contributed by atoms with Crippen molar-refractivity contribution >= 4 is 85.5 Å². The van der Waals surface area contributed by atoms with E-state index >= 15 is 0 Å². The van der Waals surface area contributed by atoms with Gasteiger partial charge in [-0.3, -0.25) is 0 Å². The Hall–Kier alpha value is -6.46. The van der Waals surface area contributed by atoms with Gasteiger partial charge in [0.25, 0.3) is 6.71 Å². The zero-order chi connectivity index (χ0) is 53.9. The minimum atomic E-state index is -0.313. The summed E-state index contributed by atoms with van der Waals surface area (Å²) in [4.78, 5) is 7.86. The number of hydrogen-bond donors (Lipinski definition) is 0. The molecule has 3 aliphatic carbocycles. The van der Waals surface area contributed by atoms with Crippen molar-refractivity contribution in [3.05, 3.63) is 177 Å². The summed E-state index contributed by atoms with van der Waals surface area (Å²) in [6, 6.07) is 50.4. The van der Waals surface area contributed by atoms with Gasteiger partial charge in [0, 0.05) is 44.9 Å². The molecule has 0 saturated heterocycles. The highest BCUT2D eigenvalue weighted by atomic mass is 16.3. The second-order valence-electron chi connectivity index (χ2n) is 29.0. The number of anilines is 9. The Morgan fingerprint density at radius 3 is 1.44 bits per heavy atom. The van der Waals surface area contributed by atoms with Gasteiger partial charge < -0.3 is 19.1 Å². The van der Waals surface area contributed by atoms with Gasteiger partial charge in [0.05, 0.1) is 22.7 Å². The molecule has 6 aliphatic rings. The molecule has 5 heteroatoms. The van der Waals surface area contributed by atoms with Gasteiger partial charge in [-0.15, -0.1) is 0 Å². The summed E-state index contributed by atoms with van der Waals surface area (Å²) < 4.78 is 7.83. The highest BCUT2D eigenvalue weighted by molar-refractivity contribution is 7.00. The summed E-state index contributed by atoms with van der Waals surface area (Å²) in [6.07, 6.45) is 6.96. The maximum atomic E-state index is 7.83. The average molecular weight is 1010 g/mol. The highest BCUT2D eigenvalue weighted by Gasteiger charge is 2.51. The van der Waals surface area contributed by atoms with Crippen LogP contribution in [-0.2, 0) is 37.9 Å². The van der Waals surface area contributed by atoms with Gasteiger partial charge in [0.1, 0.15) is 5.58 Å². The Balaban J connectivity index is 1.12. The zero-order valence-electron chi connectivity index (χ0n) is 48.7. The number of para-hydroxylation sites is 2. The van der Waals surface area contributed by atoms with Gasteiger partial charge >= 0.3 is 0 Å². The first-order chi connectivity index (χ1) is 36.3. The average Bonchev–Trinajstić information content (AvgIpc) is 3.99. The van der Waals surface area contributed by atoms with Gasteiger partial charge in [0.15, 0.2) is 0 Å². The maximum absolute atomic E-state index is 7.83. The molecule has 390 valence electrons. The van der Waals surface area contributed by atoms with Crippen LogP contribution in [0.5, 0.6) is 0 Å². The second kappa shape index (κ2) is 15.6. The van der Waals surface area contributed by atoms with Crippen molar-refractivity contribution in [2.45, 2.75) is 180 Å². The standard InChI is InChI=1S/C72H78BN3O/c1-43-35-60-63-61(36-43)76(46-26-28-49-52(38-46)69(8,9)32-30-67(49,4)5)64-47-39-53-54(71(12,13)34-33-70(53,10)11)41-62(47)77-65(64)73(63)56-40-55-58(74(44-21-17-16-18-22-44)57-24-20-19-23-50(57)72(55,14)15)42-59(56)75(60)45-25-27-48-51(37-45)68(6,7)31-29-66(48,2)3/h16-28,35-42H,29-34H2,1-15H3. The third kappa shape index (κ3) is 6.83. The van der Waals surface area contributed by atoms with Crippen molar-refractivity contribution in [3.63, 3.8) is 0 Å². The lowest BCUT2D eigenvalue weighted by Gasteiger charge is -2.47. The van der Waals surface area contributed by atoms with Crippen molar-refractivity contribution in [2.24, 2.45) is 0 Å². The summed E-state index contributed by atoms with van der Waals surface area (Å²) in [7, 11) is 0. The molecule has 1 aromatic heterocycles. The van der Waals surface area contributed by atoms with Crippen LogP contribution in [0.4, 0.5) is 51.2 Å². The quantitative estimate of drug-likeness (QED) is 0.165. The molecule has 4 heterocycles. The first-order valence-corrected chi connectivity index (χ1v) is 29.1. The van der Waals surface area contributed by atoms with Crippen LogP contribution in [0.1, 0.15) is 186 Å². The maximum Gasteiger partial charge on any atom is 0.297 e. The van der Waals surface area contributed by atoms with Crippen molar-refractivity contribution in [1.29, 1.82) is 0 Å². The number of furan rings is 1. The van der Waals surface area contributed by atoms with Gasteiger partial charge in [-0.2, -0.15) is 0 Å². The molecule has 0 atom stereocenters. The number of benzene rings is 7. The summed E-state index contributed by atoms with van der Waals surface area (Å²) >= 11 is 0. The molecule has 7 aromatic carbocycles. The van der Waals surface area contributed by atoms with E-state index in [1.54, 1.807) is 0 Å². The lowest BCUT2D eigenvalue weighted by molar-refractivity contribution is 0.332. The van der Waals surface area contributed by atoms with Crippen LogP contribution in [0, 0.1) is 6.92 Å². The molecule has 0 saturated carbocycles. The Morgan fingerprint density at radius 1 is 0.377 bits per heavy atom. The van der Waals surface area contributed by atoms with E-state index in [9.17, 15) is 0 Å². The summed E-state index contributed by atoms with van der Waals surface area (Å²) in [6.45, 7) is 36.5. The van der Waals surface area contributed by atoms with Crippen LogP contribution in [-0.4, -0.2) is 6.71 Å². The summed E-state index contributed by atoms with van der Waals surface area (Å²) in [5, 5.41) is 1.21. The molecule has 0 fully saturated rings. The lowest BCUT2D eigenvalue weighted by atomic mass is 9.35. The van der Waals surface area contributed by atoms with Crippen LogP contribution in [0.2, 0.25) is 0 Å².